The summed E-state index contributed by atoms with van der Waals surface area (Å²) < 4.78 is 13.1. The second-order valence-electron chi connectivity index (χ2n) is 4.96. The lowest BCUT2D eigenvalue weighted by Gasteiger charge is -2.11. The van der Waals surface area contributed by atoms with Crippen LogP contribution >= 0.6 is 11.6 Å². The van der Waals surface area contributed by atoms with Gasteiger partial charge in [-0.3, -0.25) is 0 Å². The Labute approximate surface area is 117 Å². The predicted molar refractivity (Wildman–Crippen MR) is 77.2 cm³/mol. The number of anilines is 1. The van der Waals surface area contributed by atoms with E-state index in [-0.39, 0.29) is 10.8 Å². The zero-order valence-corrected chi connectivity index (χ0v) is 11.3. The van der Waals surface area contributed by atoms with Crippen molar-refractivity contribution in [3.63, 3.8) is 0 Å². The van der Waals surface area contributed by atoms with Crippen molar-refractivity contribution in [1.29, 1.82) is 0 Å². The highest BCUT2D eigenvalue weighted by Gasteiger charge is 2.25. The number of rotatable bonds is 4. The Morgan fingerprint density at radius 3 is 2.68 bits per heavy atom. The van der Waals surface area contributed by atoms with Crippen LogP contribution in [0.3, 0.4) is 0 Å². The second-order valence-corrected chi connectivity index (χ2v) is 5.36. The lowest BCUT2D eigenvalue weighted by Crippen LogP contribution is -2.02. The smallest absolute Gasteiger partial charge is 0.141 e. The summed E-state index contributed by atoms with van der Waals surface area (Å²) in [6, 6.07) is 13.2. The minimum atomic E-state index is -0.384. The molecule has 0 atom stereocenters. The molecule has 0 unspecified atom stereocenters. The first kappa shape index (κ1) is 12.5. The second kappa shape index (κ2) is 5.22. The van der Waals surface area contributed by atoms with Crippen LogP contribution < -0.4 is 5.32 Å². The number of halogens is 2. The van der Waals surface area contributed by atoms with Gasteiger partial charge >= 0.3 is 0 Å². The molecule has 3 heteroatoms. The van der Waals surface area contributed by atoms with Crippen molar-refractivity contribution in [3.8, 4) is 0 Å². The van der Waals surface area contributed by atoms with Gasteiger partial charge in [0.25, 0.3) is 0 Å². The SMILES string of the molecule is Fc1ccc(NCc2ccccc2C2CC2)cc1Cl. The third-order valence-corrected chi connectivity index (χ3v) is 3.76. The summed E-state index contributed by atoms with van der Waals surface area (Å²) in [4.78, 5) is 0. The largest absolute Gasteiger partial charge is 0.381 e. The first-order valence-electron chi connectivity index (χ1n) is 6.51. The Bertz CT molecular complexity index is 593. The highest BCUT2D eigenvalue weighted by atomic mass is 35.5. The van der Waals surface area contributed by atoms with Crippen molar-refractivity contribution >= 4 is 17.3 Å². The Hall–Kier alpha value is -1.54. The summed E-state index contributed by atoms with van der Waals surface area (Å²) in [5, 5.41) is 3.45. The van der Waals surface area contributed by atoms with Crippen molar-refractivity contribution in [2.75, 3.05) is 5.32 Å². The average Bonchev–Trinajstić information content (AvgIpc) is 3.25. The summed E-state index contributed by atoms with van der Waals surface area (Å²) in [5.41, 5.74) is 3.59. The summed E-state index contributed by atoms with van der Waals surface area (Å²) >= 11 is 5.77. The molecule has 1 fully saturated rings. The van der Waals surface area contributed by atoms with Gasteiger partial charge in [-0.2, -0.15) is 0 Å². The lowest BCUT2D eigenvalue weighted by molar-refractivity contribution is 0.628. The molecular formula is C16H15ClFN. The quantitative estimate of drug-likeness (QED) is 0.831. The fourth-order valence-corrected chi connectivity index (χ4v) is 2.47. The topological polar surface area (TPSA) is 12.0 Å². The maximum atomic E-state index is 13.1. The highest BCUT2D eigenvalue weighted by Crippen LogP contribution is 2.41. The van der Waals surface area contributed by atoms with Gasteiger partial charge in [-0.15, -0.1) is 0 Å². The average molecular weight is 276 g/mol. The molecule has 0 amide bonds. The van der Waals surface area contributed by atoms with E-state index in [9.17, 15) is 4.39 Å². The number of nitrogens with one attached hydrogen (secondary N) is 1. The van der Waals surface area contributed by atoms with Gasteiger partial charge < -0.3 is 5.32 Å². The zero-order chi connectivity index (χ0) is 13.2. The van der Waals surface area contributed by atoms with Gasteiger partial charge in [0.2, 0.25) is 0 Å². The highest BCUT2D eigenvalue weighted by molar-refractivity contribution is 6.31. The first-order chi connectivity index (χ1) is 9.24. The lowest BCUT2D eigenvalue weighted by atomic mass is 10.0. The molecule has 0 saturated heterocycles. The van der Waals surface area contributed by atoms with E-state index in [0.717, 1.165) is 18.2 Å². The summed E-state index contributed by atoms with van der Waals surface area (Å²) in [5.74, 6) is 0.348. The van der Waals surface area contributed by atoms with Crippen LogP contribution in [0, 0.1) is 5.82 Å². The van der Waals surface area contributed by atoms with Gasteiger partial charge in [0.15, 0.2) is 0 Å². The Kier molecular flexibility index (Phi) is 3.43. The molecule has 2 aromatic carbocycles. The predicted octanol–water partition coefficient (Wildman–Crippen LogP) is 4.97. The zero-order valence-electron chi connectivity index (χ0n) is 10.5. The fraction of sp³-hybridized carbons (Fsp3) is 0.250. The maximum Gasteiger partial charge on any atom is 0.141 e. The van der Waals surface area contributed by atoms with Gasteiger partial charge in [0.1, 0.15) is 5.82 Å². The fourth-order valence-electron chi connectivity index (χ4n) is 2.29. The van der Waals surface area contributed by atoms with Gasteiger partial charge in [-0.1, -0.05) is 35.9 Å². The molecule has 1 saturated carbocycles. The maximum absolute atomic E-state index is 13.1. The molecule has 0 spiro atoms. The molecule has 0 heterocycles. The minimum Gasteiger partial charge on any atom is -0.381 e. The van der Waals surface area contributed by atoms with E-state index in [0.29, 0.717) is 0 Å². The van der Waals surface area contributed by atoms with E-state index in [1.54, 1.807) is 12.1 Å². The molecule has 0 aromatic heterocycles. The molecule has 2 aromatic rings. The van der Waals surface area contributed by atoms with Crippen molar-refractivity contribution in [3.05, 3.63) is 64.4 Å². The molecule has 98 valence electrons. The van der Waals surface area contributed by atoms with E-state index >= 15 is 0 Å². The van der Waals surface area contributed by atoms with Crippen molar-refractivity contribution in [1.82, 2.24) is 0 Å². The molecule has 1 nitrogen and oxygen atoms in total. The molecule has 1 aliphatic carbocycles. The van der Waals surface area contributed by atoms with Crippen LogP contribution in [0.1, 0.15) is 29.9 Å². The van der Waals surface area contributed by atoms with E-state index < -0.39 is 0 Å². The molecule has 19 heavy (non-hydrogen) atoms. The van der Waals surface area contributed by atoms with Crippen LogP contribution in [0.5, 0.6) is 0 Å². The van der Waals surface area contributed by atoms with E-state index in [2.05, 4.69) is 29.6 Å². The molecule has 0 radical (unpaired) electrons. The van der Waals surface area contributed by atoms with Crippen LogP contribution in [0.15, 0.2) is 42.5 Å². The molecule has 0 bridgehead atoms. The van der Waals surface area contributed by atoms with E-state index in [4.69, 9.17) is 11.6 Å². The van der Waals surface area contributed by atoms with Crippen molar-refractivity contribution in [2.24, 2.45) is 0 Å². The minimum absolute atomic E-state index is 0.153. The number of benzene rings is 2. The van der Waals surface area contributed by atoms with E-state index in [1.807, 2.05) is 0 Å². The van der Waals surface area contributed by atoms with Crippen LogP contribution in [-0.2, 0) is 6.54 Å². The molecule has 1 N–H and O–H groups in total. The van der Waals surface area contributed by atoms with Gasteiger partial charge in [0.05, 0.1) is 5.02 Å². The van der Waals surface area contributed by atoms with Crippen molar-refractivity contribution < 1.29 is 4.39 Å². The monoisotopic (exact) mass is 275 g/mol. The van der Waals surface area contributed by atoms with Crippen LogP contribution in [0.25, 0.3) is 0 Å². The standard InChI is InChI=1S/C16H15ClFN/c17-15-9-13(7-8-16(15)18)19-10-12-3-1-2-4-14(12)11-5-6-11/h1-4,7-9,11,19H,5-6,10H2. The van der Waals surface area contributed by atoms with E-state index in [1.165, 1.54) is 30.0 Å². The molecule has 0 aliphatic heterocycles. The van der Waals surface area contributed by atoms with Crippen molar-refractivity contribution in [2.45, 2.75) is 25.3 Å². The Morgan fingerprint density at radius 2 is 1.95 bits per heavy atom. The number of hydrogen-bond donors (Lipinski definition) is 1. The summed E-state index contributed by atoms with van der Waals surface area (Å²) in [6.07, 6.45) is 2.58. The Morgan fingerprint density at radius 1 is 1.16 bits per heavy atom. The van der Waals surface area contributed by atoms with Gasteiger partial charge in [0, 0.05) is 12.2 Å². The van der Waals surface area contributed by atoms with Crippen LogP contribution in [-0.4, -0.2) is 0 Å². The van der Waals surface area contributed by atoms with Gasteiger partial charge in [-0.25, -0.2) is 4.39 Å². The van der Waals surface area contributed by atoms with Crippen LogP contribution in [0.2, 0.25) is 5.02 Å². The normalized spacial score (nSPS) is 14.4. The number of hydrogen-bond acceptors (Lipinski definition) is 1. The van der Waals surface area contributed by atoms with Gasteiger partial charge in [-0.05, 0) is 48.1 Å². The third-order valence-electron chi connectivity index (χ3n) is 3.47. The summed E-state index contributed by atoms with van der Waals surface area (Å²) in [7, 11) is 0. The Balaban J connectivity index is 1.73. The summed E-state index contributed by atoms with van der Waals surface area (Å²) in [6.45, 7) is 0.745. The first-order valence-corrected chi connectivity index (χ1v) is 6.88. The molecule has 1 aliphatic rings. The molecule has 3 rings (SSSR count). The third kappa shape index (κ3) is 2.90. The molecular weight excluding hydrogens is 261 g/mol. The van der Waals surface area contributed by atoms with Crippen LogP contribution in [0.4, 0.5) is 10.1 Å².